The van der Waals surface area contributed by atoms with Crippen molar-refractivity contribution in [3.63, 3.8) is 0 Å². The van der Waals surface area contributed by atoms with Gasteiger partial charge in [0.2, 0.25) is 0 Å². The van der Waals surface area contributed by atoms with Crippen molar-refractivity contribution in [2.75, 3.05) is 5.75 Å². The van der Waals surface area contributed by atoms with E-state index in [0.717, 1.165) is 17.6 Å². The summed E-state index contributed by atoms with van der Waals surface area (Å²) in [6.45, 7) is 6.67. The lowest BCUT2D eigenvalue weighted by molar-refractivity contribution is 0.112. The topological polar surface area (TPSA) is 17.1 Å². The molecule has 2 atom stereocenters. The van der Waals surface area contributed by atoms with Gasteiger partial charge in [-0.25, -0.2) is 0 Å². The first-order valence-corrected chi connectivity index (χ1v) is 10.4. The van der Waals surface area contributed by atoms with Crippen LogP contribution in [0.3, 0.4) is 0 Å². The second-order valence-electron chi connectivity index (χ2n) is 7.83. The van der Waals surface area contributed by atoms with Crippen LogP contribution in [0.15, 0.2) is 71.6 Å². The fourth-order valence-electron chi connectivity index (χ4n) is 4.16. The Kier molecular flexibility index (Phi) is 4.69. The number of carbonyl (C=O) groups is 1. The maximum atomic E-state index is 11.1. The van der Waals surface area contributed by atoms with Crippen LogP contribution < -0.4 is 0 Å². The van der Waals surface area contributed by atoms with Crippen LogP contribution in [0, 0.1) is 13.8 Å². The minimum Gasteiger partial charge on any atom is -0.298 e. The molecule has 0 unspecified atom stereocenters. The van der Waals surface area contributed by atoms with E-state index in [4.69, 9.17) is 0 Å². The zero-order chi connectivity index (χ0) is 19.0. The monoisotopic (exact) mass is 372 g/mol. The van der Waals surface area contributed by atoms with E-state index in [9.17, 15) is 4.79 Å². The van der Waals surface area contributed by atoms with Crippen LogP contribution in [0.5, 0.6) is 0 Å². The van der Waals surface area contributed by atoms with Gasteiger partial charge in [0.1, 0.15) is 6.29 Å². The third-order valence-corrected chi connectivity index (χ3v) is 7.17. The van der Waals surface area contributed by atoms with Gasteiger partial charge in [-0.1, -0.05) is 73.2 Å². The zero-order valence-corrected chi connectivity index (χ0v) is 16.8. The number of fused-ring (bicyclic) bond motifs is 1. The van der Waals surface area contributed by atoms with E-state index in [2.05, 4.69) is 75.4 Å². The van der Waals surface area contributed by atoms with Crippen molar-refractivity contribution in [3.8, 4) is 0 Å². The first-order chi connectivity index (χ1) is 13.0. The van der Waals surface area contributed by atoms with Gasteiger partial charge in [-0.2, -0.15) is 0 Å². The van der Waals surface area contributed by atoms with Crippen molar-refractivity contribution >= 4 is 18.0 Å². The maximum absolute atomic E-state index is 11.1. The lowest BCUT2D eigenvalue weighted by Gasteiger charge is -2.43. The third kappa shape index (κ3) is 3.23. The molecule has 0 radical (unpaired) electrons. The minimum absolute atomic E-state index is 0.0106. The Morgan fingerprint density at radius 2 is 1.59 bits per heavy atom. The second kappa shape index (κ2) is 7.01. The molecule has 136 valence electrons. The predicted molar refractivity (Wildman–Crippen MR) is 114 cm³/mol. The first-order valence-electron chi connectivity index (χ1n) is 9.37. The molecule has 0 saturated carbocycles. The molecule has 27 heavy (non-hydrogen) atoms. The molecule has 1 nitrogen and oxygen atoms in total. The van der Waals surface area contributed by atoms with Crippen LogP contribution in [0.1, 0.15) is 51.0 Å². The number of rotatable bonds is 3. The van der Waals surface area contributed by atoms with E-state index in [1.165, 1.54) is 32.7 Å². The van der Waals surface area contributed by atoms with E-state index in [1.54, 1.807) is 0 Å². The third-order valence-electron chi connectivity index (χ3n) is 5.76. The van der Waals surface area contributed by atoms with Crippen LogP contribution in [0.2, 0.25) is 0 Å². The predicted octanol–water partition coefficient (Wildman–Crippen LogP) is 6.31. The molecule has 0 fully saturated rings. The van der Waals surface area contributed by atoms with Gasteiger partial charge in [0, 0.05) is 27.5 Å². The molecule has 3 aromatic carbocycles. The second-order valence-corrected chi connectivity index (χ2v) is 8.85. The summed E-state index contributed by atoms with van der Waals surface area (Å²) in [7, 11) is 0. The van der Waals surface area contributed by atoms with Crippen LogP contribution >= 0.6 is 11.8 Å². The number of carbonyl (C=O) groups excluding carboxylic acids is 1. The first kappa shape index (κ1) is 18.1. The Balaban J connectivity index is 1.90. The number of aryl methyl sites for hydroxylation is 2. The average Bonchev–Trinajstić information content (AvgIpc) is 2.69. The molecule has 0 spiro atoms. The van der Waals surface area contributed by atoms with Gasteiger partial charge >= 0.3 is 0 Å². The largest absolute Gasteiger partial charge is 0.298 e. The van der Waals surface area contributed by atoms with Gasteiger partial charge in [-0.15, -0.1) is 11.8 Å². The minimum atomic E-state index is -0.0106. The molecule has 0 N–H and O–H groups in total. The van der Waals surface area contributed by atoms with Crippen molar-refractivity contribution in [2.45, 2.75) is 37.0 Å². The van der Waals surface area contributed by atoms with Crippen LogP contribution in [-0.2, 0) is 5.41 Å². The normalized spacial score (nSPS) is 21.5. The Morgan fingerprint density at radius 3 is 2.26 bits per heavy atom. The van der Waals surface area contributed by atoms with Gasteiger partial charge < -0.3 is 0 Å². The lowest BCUT2D eigenvalue weighted by Crippen LogP contribution is -2.36. The molecule has 1 aliphatic rings. The number of thioether (sulfide) groups is 1. The van der Waals surface area contributed by atoms with E-state index >= 15 is 0 Å². The summed E-state index contributed by atoms with van der Waals surface area (Å²) >= 11 is 1.96. The standard InChI is InChI=1S/C25H24OS/c1-17-4-11-21(12-5-17)25(3)16-27-23-14-18(2)6-13-22(23)24(25)20-9-7-19(15-26)8-10-20/h4-15,24H,16H2,1-3H3/t24-,25-/m1/s1. The van der Waals surface area contributed by atoms with Gasteiger partial charge in [0.15, 0.2) is 0 Å². The number of aldehydes is 1. The van der Waals surface area contributed by atoms with Crippen molar-refractivity contribution in [1.82, 2.24) is 0 Å². The fraction of sp³-hybridized carbons (Fsp3) is 0.240. The van der Waals surface area contributed by atoms with Crippen LogP contribution in [0.25, 0.3) is 0 Å². The summed E-state index contributed by atoms with van der Waals surface area (Å²) in [4.78, 5) is 12.5. The van der Waals surface area contributed by atoms with E-state index in [0.29, 0.717) is 0 Å². The van der Waals surface area contributed by atoms with Crippen molar-refractivity contribution in [3.05, 3.63) is 100 Å². The number of hydrogen-bond acceptors (Lipinski definition) is 2. The Bertz CT molecular complexity index is 972. The molecule has 1 aliphatic heterocycles. The highest BCUT2D eigenvalue weighted by Crippen LogP contribution is 2.52. The van der Waals surface area contributed by atoms with E-state index < -0.39 is 0 Å². The highest BCUT2D eigenvalue weighted by Gasteiger charge is 2.42. The highest BCUT2D eigenvalue weighted by molar-refractivity contribution is 7.99. The summed E-state index contributed by atoms with van der Waals surface area (Å²) in [5.41, 5.74) is 7.33. The summed E-state index contributed by atoms with van der Waals surface area (Å²) < 4.78 is 0. The molecule has 1 heterocycles. The molecule has 0 bridgehead atoms. The average molecular weight is 373 g/mol. The molecule has 3 aromatic rings. The van der Waals surface area contributed by atoms with Crippen molar-refractivity contribution in [2.24, 2.45) is 0 Å². The zero-order valence-electron chi connectivity index (χ0n) is 16.0. The van der Waals surface area contributed by atoms with E-state index in [1.807, 2.05) is 23.9 Å². The van der Waals surface area contributed by atoms with Crippen molar-refractivity contribution in [1.29, 1.82) is 0 Å². The Labute approximate surface area is 165 Å². The molecule has 0 aromatic heterocycles. The fourth-order valence-corrected chi connectivity index (χ4v) is 5.57. The molecule has 4 rings (SSSR count). The summed E-state index contributed by atoms with van der Waals surface area (Å²) in [6.07, 6.45) is 0.914. The van der Waals surface area contributed by atoms with E-state index in [-0.39, 0.29) is 11.3 Å². The van der Waals surface area contributed by atoms with Crippen LogP contribution in [-0.4, -0.2) is 12.0 Å². The van der Waals surface area contributed by atoms with Crippen LogP contribution in [0.4, 0.5) is 0 Å². The SMILES string of the molecule is Cc1ccc([C@@]2(C)CSc3cc(C)ccc3[C@H]2c2ccc(C=O)cc2)cc1. The lowest BCUT2D eigenvalue weighted by atomic mass is 9.66. The Morgan fingerprint density at radius 1 is 0.926 bits per heavy atom. The summed E-state index contributed by atoms with van der Waals surface area (Å²) in [5, 5.41) is 0. The summed E-state index contributed by atoms with van der Waals surface area (Å²) in [6, 6.07) is 23.9. The molecule has 0 amide bonds. The number of benzene rings is 3. The van der Waals surface area contributed by atoms with Gasteiger partial charge in [0.25, 0.3) is 0 Å². The quantitative estimate of drug-likeness (QED) is 0.501. The molecule has 0 aliphatic carbocycles. The summed E-state index contributed by atoms with van der Waals surface area (Å²) in [5.74, 6) is 1.30. The molecular weight excluding hydrogens is 348 g/mol. The molecular formula is C25H24OS. The van der Waals surface area contributed by atoms with Gasteiger partial charge in [0.05, 0.1) is 0 Å². The molecule has 2 heteroatoms. The Hall–Kier alpha value is -2.32. The highest BCUT2D eigenvalue weighted by atomic mass is 32.2. The van der Waals surface area contributed by atoms with Gasteiger partial charge in [-0.3, -0.25) is 4.79 Å². The molecule has 0 saturated heterocycles. The van der Waals surface area contributed by atoms with Gasteiger partial charge in [-0.05, 0) is 42.2 Å². The maximum Gasteiger partial charge on any atom is 0.150 e. The smallest absolute Gasteiger partial charge is 0.150 e. The van der Waals surface area contributed by atoms with Crippen molar-refractivity contribution < 1.29 is 4.79 Å². The number of hydrogen-bond donors (Lipinski definition) is 0.